The van der Waals surface area contributed by atoms with Crippen LogP contribution in [0.5, 0.6) is 0 Å². The minimum Gasteiger partial charge on any atom is -0.0848 e. The van der Waals surface area contributed by atoms with Gasteiger partial charge in [-0.1, -0.05) is 12.2 Å². The largest absolute Gasteiger partial charge is 0.0848 e. The van der Waals surface area contributed by atoms with Crippen LogP contribution in [0.25, 0.3) is 0 Å². The molecular weight excluding hydrogens is 144 g/mol. The van der Waals surface area contributed by atoms with Crippen molar-refractivity contribution in [3.63, 3.8) is 0 Å². The molecule has 12 heavy (non-hydrogen) atoms. The number of allylic oxidation sites excluding steroid dienone is 2. The number of hydrogen-bond acceptors (Lipinski definition) is 0. The van der Waals surface area contributed by atoms with E-state index in [0.717, 1.165) is 23.7 Å². The van der Waals surface area contributed by atoms with Gasteiger partial charge in [-0.2, -0.15) is 0 Å². The van der Waals surface area contributed by atoms with E-state index in [9.17, 15) is 0 Å². The van der Waals surface area contributed by atoms with Gasteiger partial charge in [0.05, 0.1) is 0 Å². The molecule has 0 aromatic heterocycles. The molecule has 3 saturated carbocycles. The molecule has 0 heterocycles. The van der Waals surface area contributed by atoms with E-state index >= 15 is 0 Å². The molecule has 2 bridgehead atoms. The molecule has 0 radical (unpaired) electrons. The van der Waals surface area contributed by atoms with Gasteiger partial charge in [0.15, 0.2) is 0 Å². The summed E-state index contributed by atoms with van der Waals surface area (Å²) in [6.07, 6.45) is 11.3. The Labute approximate surface area is 74.0 Å². The molecule has 4 rings (SSSR count). The molecule has 0 amide bonds. The van der Waals surface area contributed by atoms with Gasteiger partial charge in [-0.25, -0.2) is 0 Å². The fourth-order valence-electron chi connectivity index (χ4n) is 4.49. The second kappa shape index (κ2) is 1.81. The van der Waals surface area contributed by atoms with Crippen molar-refractivity contribution >= 4 is 0 Å². The van der Waals surface area contributed by atoms with Gasteiger partial charge in [0, 0.05) is 0 Å². The van der Waals surface area contributed by atoms with E-state index in [4.69, 9.17) is 0 Å². The summed E-state index contributed by atoms with van der Waals surface area (Å²) in [6.45, 7) is 0. The Bertz CT molecular complexity index is 253. The number of rotatable bonds is 0. The molecule has 0 aliphatic heterocycles. The van der Waals surface area contributed by atoms with Crippen LogP contribution in [-0.2, 0) is 0 Å². The number of fused-ring (bicyclic) bond motifs is 7. The fourth-order valence-corrected chi connectivity index (χ4v) is 4.49. The maximum Gasteiger partial charge on any atom is -0.0194 e. The zero-order valence-electron chi connectivity index (χ0n) is 7.45. The van der Waals surface area contributed by atoms with Gasteiger partial charge in [-0.05, 0) is 61.2 Å². The highest BCUT2D eigenvalue weighted by Crippen LogP contribution is 2.65. The Morgan fingerprint density at radius 2 is 1.75 bits per heavy atom. The molecule has 4 aliphatic rings. The summed E-state index contributed by atoms with van der Waals surface area (Å²) in [7, 11) is 0. The second-order valence-electron chi connectivity index (χ2n) is 5.43. The summed E-state index contributed by atoms with van der Waals surface area (Å²) in [5.41, 5.74) is 0. The molecule has 0 N–H and O–H groups in total. The van der Waals surface area contributed by atoms with E-state index in [2.05, 4.69) is 12.2 Å². The van der Waals surface area contributed by atoms with Crippen molar-refractivity contribution in [2.75, 3.05) is 0 Å². The quantitative estimate of drug-likeness (QED) is 0.478. The predicted octanol–water partition coefficient (Wildman–Crippen LogP) is 2.85. The van der Waals surface area contributed by atoms with E-state index in [0.29, 0.717) is 0 Å². The smallest absolute Gasteiger partial charge is 0.0194 e. The average molecular weight is 160 g/mol. The molecule has 6 atom stereocenters. The minimum absolute atomic E-state index is 1.02. The predicted molar refractivity (Wildman–Crippen MR) is 48.5 cm³/mol. The lowest BCUT2D eigenvalue weighted by molar-refractivity contribution is 0.205. The van der Waals surface area contributed by atoms with Crippen molar-refractivity contribution in [3.8, 4) is 0 Å². The minimum atomic E-state index is 1.02. The van der Waals surface area contributed by atoms with Crippen LogP contribution in [0, 0.1) is 35.5 Å². The molecule has 0 heteroatoms. The van der Waals surface area contributed by atoms with E-state index in [1.807, 2.05) is 0 Å². The van der Waals surface area contributed by atoms with Gasteiger partial charge in [-0.3, -0.25) is 0 Å². The van der Waals surface area contributed by atoms with E-state index in [1.165, 1.54) is 18.3 Å². The molecule has 0 nitrogen and oxygen atoms in total. The topological polar surface area (TPSA) is 0 Å². The summed E-state index contributed by atoms with van der Waals surface area (Å²) in [4.78, 5) is 0. The summed E-state index contributed by atoms with van der Waals surface area (Å²) in [5, 5.41) is 0. The molecule has 64 valence electrons. The zero-order valence-corrected chi connectivity index (χ0v) is 7.45. The first-order chi connectivity index (χ1) is 5.93. The highest BCUT2D eigenvalue weighted by atomic mass is 14.6. The van der Waals surface area contributed by atoms with Gasteiger partial charge in [0.1, 0.15) is 0 Å². The lowest BCUT2D eigenvalue weighted by Gasteiger charge is -2.32. The van der Waals surface area contributed by atoms with Crippen LogP contribution in [0.3, 0.4) is 0 Å². The zero-order chi connectivity index (χ0) is 7.71. The molecule has 0 saturated heterocycles. The standard InChI is InChI=1S/C12H16/c1-2-9-5-7(1)10-4-3-8-6-11(8)12(9)10/h1-2,7-12H,3-6H2. The Hall–Kier alpha value is -0.260. The van der Waals surface area contributed by atoms with Gasteiger partial charge < -0.3 is 0 Å². The molecule has 4 aliphatic carbocycles. The first-order valence-electron chi connectivity index (χ1n) is 5.62. The molecule has 0 aromatic rings. The van der Waals surface area contributed by atoms with Crippen LogP contribution in [0.4, 0.5) is 0 Å². The third-order valence-electron chi connectivity index (χ3n) is 5.03. The lowest BCUT2D eigenvalue weighted by Crippen LogP contribution is -2.25. The van der Waals surface area contributed by atoms with E-state index < -0.39 is 0 Å². The number of hydrogen-bond donors (Lipinski definition) is 0. The molecule has 0 spiro atoms. The fraction of sp³-hybridized carbons (Fsp3) is 0.833. The SMILES string of the molecule is C1=CC2CC1C1CCC3CC3C21. The van der Waals surface area contributed by atoms with Gasteiger partial charge >= 0.3 is 0 Å². The summed E-state index contributed by atoms with van der Waals surface area (Å²) in [5.74, 6) is 6.68. The molecule has 6 unspecified atom stereocenters. The van der Waals surface area contributed by atoms with Crippen LogP contribution < -0.4 is 0 Å². The van der Waals surface area contributed by atoms with Crippen LogP contribution in [-0.4, -0.2) is 0 Å². The maximum atomic E-state index is 2.53. The Kier molecular flexibility index (Phi) is 0.939. The van der Waals surface area contributed by atoms with Crippen LogP contribution >= 0.6 is 0 Å². The normalized spacial score (nSPS) is 64.7. The maximum absolute atomic E-state index is 2.53. The molecule has 3 fully saturated rings. The first-order valence-corrected chi connectivity index (χ1v) is 5.62. The van der Waals surface area contributed by atoms with Crippen LogP contribution in [0.2, 0.25) is 0 Å². The van der Waals surface area contributed by atoms with E-state index in [1.54, 1.807) is 19.3 Å². The van der Waals surface area contributed by atoms with E-state index in [-0.39, 0.29) is 0 Å². The second-order valence-corrected chi connectivity index (χ2v) is 5.43. The van der Waals surface area contributed by atoms with Crippen molar-refractivity contribution in [3.05, 3.63) is 12.2 Å². The van der Waals surface area contributed by atoms with Crippen molar-refractivity contribution in [2.45, 2.75) is 25.7 Å². The Morgan fingerprint density at radius 1 is 0.833 bits per heavy atom. The third kappa shape index (κ3) is 0.582. The van der Waals surface area contributed by atoms with Crippen LogP contribution in [0.15, 0.2) is 12.2 Å². The highest BCUT2D eigenvalue weighted by Gasteiger charge is 2.57. The summed E-state index contributed by atoms with van der Waals surface area (Å²) < 4.78 is 0. The van der Waals surface area contributed by atoms with Gasteiger partial charge in [0.25, 0.3) is 0 Å². The van der Waals surface area contributed by atoms with Crippen molar-refractivity contribution < 1.29 is 0 Å². The van der Waals surface area contributed by atoms with Gasteiger partial charge in [-0.15, -0.1) is 0 Å². The van der Waals surface area contributed by atoms with Gasteiger partial charge in [0.2, 0.25) is 0 Å². The average Bonchev–Trinajstić information content (AvgIpc) is 2.62. The van der Waals surface area contributed by atoms with Crippen molar-refractivity contribution in [1.82, 2.24) is 0 Å². The third-order valence-corrected chi connectivity index (χ3v) is 5.03. The monoisotopic (exact) mass is 160 g/mol. The molecule has 0 aromatic carbocycles. The van der Waals surface area contributed by atoms with Crippen molar-refractivity contribution in [2.24, 2.45) is 35.5 Å². The first kappa shape index (κ1) is 6.23. The Morgan fingerprint density at radius 3 is 2.75 bits per heavy atom. The van der Waals surface area contributed by atoms with Crippen LogP contribution in [0.1, 0.15) is 25.7 Å². The lowest BCUT2D eigenvalue weighted by atomic mass is 9.73. The highest BCUT2D eigenvalue weighted by molar-refractivity contribution is 5.18. The molecular formula is C12H16. The van der Waals surface area contributed by atoms with Crippen molar-refractivity contribution in [1.29, 1.82) is 0 Å². The Balaban J connectivity index is 1.76. The summed E-state index contributed by atoms with van der Waals surface area (Å²) in [6, 6.07) is 0. The summed E-state index contributed by atoms with van der Waals surface area (Å²) >= 11 is 0.